The first-order chi connectivity index (χ1) is 13.0. The molecule has 8 heteroatoms. The first kappa shape index (κ1) is 19.3. The van der Waals surface area contributed by atoms with Crippen molar-refractivity contribution in [3.05, 3.63) is 59.7 Å². The molecule has 0 unspecified atom stereocenters. The number of morpholine rings is 1. The summed E-state index contributed by atoms with van der Waals surface area (Å²) in [6.07, 6.45) is 0.547. The van der Waals surface area contributed by atoms with Crippen LogP contribution in [0.1, 0.15) is 15.9 Å². The second-order valence-electron chi connectivity index (χ2n) is 6.22. The molecule has 2 aromatic rings. The van der Waals surface area contributed by atoms with E-state index in [1.54, 1.807) is 6.07 Å². The SMILES string of the molecule is O=C(O)c1ccc(N2CCOCC2)c(S(=O)(=O)NCCc2ccccc2)c1. The van der Waals surface area contributed by atoms with Crippen LogP contribution < -0.4 is 9.62 Å². The largest absolute Gasteiger partial charge is 0.478 e. The highest BCUT2D eigenvalue weighted by Gasteiger charge is 2.24. The third-order valence-electron chi connectivity index (χ3n) is 4.40. The third-order valence-corrected chi connectivity index (χ3v) is 5.89. The van der Waals surface area contributed by atoms with Crippen molar-refractivity contribution in [3.8, 4) is 0 Å². The second kappa shape index (κ2) is 8.51. The number of carbonyl (C=O) groups is 1. The highest BCUT2D eigenvalue weighted by atomic mass is 32.2. The average Bonchev–Trinajstić information content (AvgIpc) is 2.69. The van der Waals surface area contributed by atoms with Gasteiger partial charge in [-0.15, -0.1) is 0 Å². The number of sulfonamides is 1. The van der Waals surface area contributed by atoms with Crippen LogP contribution in [0.15, 0.2) is 53.4 Å². The molecule has 3 rings (SSSR count). The van der Waals surface area contributed by atoms with Crippen LogP contribution in [0.3, 0.4) is 0 Å². The van der Waals surface area contributed by atoms with E-state index in [1.807, 2.05) is 35.2 Å². The van der Waals surface area contributed by atoms with Crippen LogP contribution in [0.5, 0.6) is 0 Å². The number of benzene rings is 2. The van der Waals surface area contributed by atoms with Gasteiger partial charge in [-0.3, -0.25) is 0 Å². The first-order valence-corrected chi connectivity index (χ1v) is 10.2. The highest BCUT2D eigenvalue weighted by molar-refractivity contribution is 7.89. The fourth-order valence-electron chi connectivity index (χ4n) is 2.98. The molecule has 1 heterocycles. The summed E-state index contributed by atoms with van der Waals surface area (Å²) < 4.78 is 33.7. The van der Waals surface area contributed by atoms with E-state index < -0.39 is 16.0 Å². The predicted molar refractivity (Wildman–Crippen MR) is 102 cm³/mol. The Morgan fingerprint density at radius 1 is 1.11 bits per heavy atom. The van der Waals surface area contributed by atoms with Gasteiger partial charge in [-0.05, 0) is 30.2 Å². The Balaban J connectivity index is 1.84. The van der Waals surface area contributed by atoms with Crippen molar-refractivity contribution >= 4 is 21.7 Å². The average molecular weight is 390 g/mol. The lowest BCUT2D eigenvalue weighted by Crippen LogP contribution is -2.38. The van der Waals surface area contributed by atoms with Crippen molar-refractivity contribution in [1.82, 2.24) is 4.72 Å². The minimum absolute atomic E-state index is 0.0163. The topological polar surface area (TPSA) is 95.9 Å². The molecule has 144 valence electrons. The van der Waals surface area contributed by atoms with E-state index >= 15 is 0 Å². The summed E-state index contributed by atoms with van der Waals surface area (Å²) in [6, 6.07) is 13.8. The number of nitrogens with zero attached hydrogens (tertiary/aromatic N) is 1. The number of hydrogen-bond donors (Lipinski definition) is 2. The van der Waals surface area contributed by atoms with E-state index in [4.69, 9.17) is 4.74 Å². The van der Waals surface area contributed by atoms with Crippen LogP contribution in [-0.4, -0.2) is 52.3 Å². The molecule has 1 aliphatic rings. The zero-order chi connectivity index (χ0) is 19.3. The zero-order valence-corrected chi connectivity index (χ0v) is 15.6. The summed E-state index contributed by atoms with van der Waals surface area (Å²) in [4.78, 5) is 13.2. The number of hydrogen-bond acceptors (Lipinski definition) is 5. The molecule has 7 nitrogen and oxygen atoms in total. The van der Waals surface area contributed by atoms with Gasteiger partial charge in [0.15, 0.2) is 0 Å². The predicted octanol–water partition coefficient (Wildman–Crippen LogP) is 1.74. The maximum absolute atomic E-state index is 12.9. The van der Waals surface area contributed by atoms with Crippen LogP contribution in [-0.2, 0) is 21.2 Å². The minimum atomic E-state index is -3.86. The Hall–Kier alpha value is -2.42. The normalized spacial score (nSPS) is 14.9. The van der Waals surface area contributed by atoms with E-state index in [0.717, 1.165) is 5.56 Å². The van der Waals surface area contributed by atoms with Gasteiger partial charge in [-0.2, -0.15) is 0 Å². The standard InChI is InChI=1S/C19H22N2O5S/c22-19(23)16-6-7-17(21-10-12-26-13-11-21)18(14-16)27(24,25)20-9-8-15-4-2-1-3-5-15/h1-7,14,20H,8-13H2,(H,22,23). The van der Waals surface area contributed by atoms with Gasteiger partial charge >= 0.3 is 5.97 Å². The molecule has 0 aromatic heterocycles. The monoisotopic (exact) mass is 390 g/mol. The number of rotatable bonds is 7. The Bertz CT molecular complexity index is 894. The molecule has 0 atom stereocenters. The quantitative estimate of drug-likeness (QED) is 0.748. The van der Waals surface area contributed by atoms with Crippen LogP contribution in [0, 0.1) is 0 Å². The van der Waals surface area contributed by atoms with Crippen LogP contribution in [0.2, 0.25) is 0 Å². The Morgan fingerprint density at radius 2 is 1.81 bits per heavy atom. The van der Waals surface area contributed by atoms with Crippen molar-refractivity contribution in [2.24, 2.45) is 0 Å². The van der Waals surface area contributed by atoms with Crippen molar-refractivity contribution in [2.75, 3.05) is 37.7 Å². The lowest BCUT2D eigenvalue weighted by Gasteiger charge is -2.30. The number of carboxylic acid groups (broad SMARTS) is 1. The van der Waals surface area contributed by atoms with Crippen molar-refractivity contribution < 1.29 is 23.1 Å². The third kappa shape index (κ3) is 4.85. The van der Waals surface area contributed by atoms with Crippen LogP contribution in [0.25, 0.3) is 0 Å². The summed E-state index contributed by atoms with van der Waals surface area (Å²) in [6.45, 7) is 2.34. The number of ether oxygens (including phenoxy) is 1. The molecule has 0 aliphatic carbocycles. The van der Waals surface area contributed by atoms with Crippen molar-refractivity contribution in [2.45, 2.75) is 11.3 Å². The molecule has 27 heavy (non-hydrogen) atoms. The molecule has 2 aromatic carbocycles. The van der Waals surface area contributed by atoms with Gasteiger partial charge in [-0.25, -0.2) is 17.9 Å². The summed E-state index contributed by atoms with van der Waals surface area (Å²) in [5.41, 5.74) is 1.46. The van der Waals surface area contributed by atoms with E-state index in [9.17, 15) is 18.3 Å². The number of carboxylic acids is 1. The van der Waals surface area contributed by atoms with Gasteiger partial charge in [-0.1, -0.05) is 30.3 Å². The molecule has 0 radical (unpaired) electrons. The lowest BCUT2D eigenvalue weighted by molar-refractivity contribution is 0.0696. The Labute approximate surface area is 158 Å². The Morgan fingerprint density at radius 3 is 2.48 bits per heavy atom. The number of aromatic carboxylic acids is 1. The Kier molecular flexibility index (Phi) is 6.10. The summed E-state index contributed by atoms with van der Waals surface area (Å²) in [5, 5.41) is 9.25. The number of nitrogens with one attached hydrogen (secondary N) is 1. The van der Waals surface area contributed by atoms with E-state index in [1.165, 1.54) is 12.1 Å². The zero-order valence-electron chi connectivity index (χ0n) is 14.8. The van der Waals surface area contributed by atoms with Gasteiger partial charge in [0.05, 0.1) is 24.5 Å². The molecule has 0 saturated carbocycles. The van der Waals surface area contributed by atoms with Gasteiger partial charge in [0.25, 0.3) is 0 Å². The van der Waals surface area contributed by atoms with Gasteiger partial charge < -0.3 is 14.7 Å². The van der Waals surface area contributed by atoms with Crippen molar-refractivity contribution in [1.29, 1.82) is 0 Å². The summed E-state index contributed by atoms with van der Waals surface area (Å²) in [5.74, 6) is -1.16. The molecule has 0 amide bonds. The van der Waals surface area contributed by atoms with E-state index in [2.05, 4.69) is 4.72 Å². The lowest BCUT2D eigenvalue weighted by atomic mass is 10.2. The molecule has 1 aliphatic heterocycles. The maximum Gasteiger partial charge on any atom is 0.335 e. The molecule has 2 N–H and O–H groups in total. The fraction of sp³-hybridized carbons (Fsp3) is 0.316. The first-order valence-electron chi connectivity index (χ1n) is 8.71. The maximum atomic E-state index is 12.9. The fourth-order valence-corrected chi connectivity index (χ4v) is 4.26. The van der Waals surface area contributed by atoms with E-state index in [-0.39, 0.29) is 17.0 Å². The summed E-state index contributed by atoms with van der Waals surface area (Å²) >= 11 is 0. The molecule has 0 spiro atoms. The molecular weight excluding hydrogens is 368 g/mol. The molecule has 1 saturated heterocycles. The van der Waals surface area contributed by atoms with Crippen molar-refractivity contribution in [3.63, 3.8) is 0 Å². The summed E-state index contributed by atoms with van der Waals surface area (Å²) in [7, 11) is -3.86. The highest BCUT2D eigenvalue weighted by Crippen LogP contribution is 2.27. The van der Waals surface area contributed by atoms with Gasteiger partial charge in [0.2, 0.25) is 10.0 Å². The molecule has 1 fully saturated rings. The van der Waals surface area contributed by atoms with E-state index in [0.29, 0.717) is 38.4 Å². The van der Waals surface area contributed by atoms with Crippen LogP contribution >= 0.6 is 0 Å². The smallest absolute Gasteiger partial charge is 0.335 e. The van der Waals surface area contributed by atoms with Gasteiger partial charge in [0.1, 0.15) is 4.90 Å². The second-order valence-corrected chi connectivity index (χ2v) is 7.96. The van der Waals surface area contributed by atoms with Gasteiger partial charge in [0, 0.05) is 19.6 Å². The molecular formula is C19H22N2O5S. The van der Waals surface area contributed by atoms with Crippen LogP contribution in [0.4, 0.5) is 5.69 Å². The number of anilines is 1. The molecule has 0 bridgehead atoms. The minimum Gasteiger partial charge on any atom is -0.478 e.